The van der Waals surface area contributed by atoms with Crippen LogP contribution in [0, 0.1) is 17.8 Å². The summed E-state index contributed by atoms with van der Waals surface area (Å²) >= 11 is 0. The van der Waals surface area contributed by atoms with E-state index in [9.17, 15) is 38.3 Å². The number of primary amides is 1. The zero-order valence-corrected chi connectivity index (χ0v) is 28.9. The molecule has 46 heavy (non-hydrogen) atoms. The fourth-order valence-electron chi connectivity index (χ4n) is 6.19. The van der Waals surface area contributed by atoms with Crippen molar-refractivity contribution in [1.29, 1.82) is 0 Å². The van der Waals surface area contributed by atoms with Crippen LogP contribution < -0.4 is 25.8 Å². The van der Waals surface area contributed by atoms with Gasteiger partial charge in [0.15, 0.2) is 0 Å². The molecule has 7 N–H and O–H groups in total. The van der Waals surface area contributed by atoms with E-state index in [0.29, 0.717) is 29.4 Å². The number of hydrogen-bond donors (Lipinski definition) is 6. The van der Waals surface area contributed by atoms with Gasteiger partial charge in [0, 0.05) is 18.3 Å². The van der Waals surface area contributed by atoms with Crippen LogP contribution in [0.1, 0.15) is 101 Å². The van der Waals surface area contributed by atoms with Crippen LogP contribution >= 0.6 is 15.2 Å². The zero-order valence-electron chi connectivity index (χ0n) is 27.1. The summed E-state index contributed by atoms with van der Waals surface area (Å²) in [5.41, 5.74) is 6.94. The number of benzene rings is 2. The Bertz CT molecular complexity index is 1470. The van der Waals surface area contributed by atoms with Crippen molar-refractivity contribution < 1.29 is 47.8 Å². The van der Waals surface area contributed by atoms with Crippen LogP contribution in [0.15, 0.2) is 36.4 Å². The van der Waals surface area contributed by atoms with Gasteiger partial charge in [0.2, 0.25) is 11.2 Å². The van der Waals surface area contributed by atoms with Gasteiger partial charge in [0.25, 0.3) is 5.91 Å². The first-order valence-electron chi connectivity index (χ1n) is 15.7. The predicted molar refractivity (Wildman–Crippen MR) is 175 cm³/mol. The maximum atomic E-state index is 12.9. The number of hydrogen-bond acceptors (Lipinski definition) is 6. The molecule has 0 heterocycles. The van der Waals surface area contributed by atoms with Crippen LogP contribution in [0.3, 0.4) is 0 Å². The molecule has 14 heteroatoms. The molecule has 1 fully saturated rings. The van der Waals surface area contributed by atoms with Crippen LogP contribution in [-0.2, 0) is 20.3 Å². The van der Waals surface area contributed by atoms with E-state index in [-0.39, 0.29) is 30.1 Å². The van der Waals surface area contributed by atoms with Crippen LogP contribution in [0.25, 0.3) is 0 Å². The van der Waals surface area contributed by atoms with Crippen molar-refractivity contribution in [2.75, 3.05) is 6.61 Å². The lowest BCUT2D eigenvalue weighted by Gasteiger charge is -2.41. The van der Waals surface area contributed by atoms with E-state index in [0.717, 1.165) is 12.8 Å². The van der Waals surface area contributed by atoms with E-state index in [1.807, 2.05) is 0 Å². The summed E-state index contributed by atoms with van der Waals surface area (Å²) in [7, 11) is -9.86. The molecule has 3 rings (SSSR count). The Hall–Kier alpha value is -2.72. The van der Waals surface area contributed by atoms with E-state index in [4.69, 9.17) is 15.2 Å². The molecule has 1 aliphatic rings. The van der Waals surface area contributed by atoms with E-state index >= 15 is 0 Å². The quantitative estimate of drug-likeness (QED) is 0.140. The maximum Gasteiger partial charge on any atom is 0.369 e. The lowest BCUT2D eigenvalue weighted by atomic mass is 9.90. The molecule has 1 saturated carbocycles. The molecule has 12 nitrogen and oxygen atoms in total. The first-order valence-corrected chi connectivity index (χ1v) is 18.9. The Kier molecular flexibility index (Phi) is 12.7. The smallest absolute Gasteiger partial charge is 0.369 e. The van der Waals surface area contributed by atoms with E-state index in [1.165, 1.54) is 37.5 Å². The SMILES string of the molecule is CC(NC(=O)CCc1ccc(OC(C(C)C)(C(C)C)P(=O)(O)O)c(P(=O)(O)O)c1)c1ccc(OCC2CCCCC2)c(C(N)=O)c1. The van der Waals surface area contributed by atoms with Crippen LogP contribution in [0.5, 0.6) is 11.5 Å². The molecule has 1 aliphatic carbocycles. The van der Waals surface area contributed by atoms with Crippen molar-refractivity contribution in [1.82, 2.24) is 5.32 Å². The molecular weight excluding hydrogens is 634 g/mol. The Morgan fingerprint density at radius 1 is 0.935 bits per heavy atom. The fraction of sp³-hybridized carbons (Fsp3) is 0.562. The third-order valence-corrected chi connectivity index (χ3v) is 11.7. The highest BCUT2D eigenvalue weighted by Crippen LogP contribution is 2.59. The number of carbonyl (C=O) groups excluding carboxylic acids is 2. The molecule has 0 aromatic heterocycles. The molecule has 0 spiro atoms. The van der Waals surface area contributed by atoms with Crippen LogP contribution in [0.2, 0.25) is 0 Å². The Morgan fingerprint density at radius 2 is 1.54 bits per heavy atom. The number of nitrogens with two attached hydrogens (primary N) is 1. The van der Waals surface area contributed by atoms with Gasteiger partial charge >= 0.3 is 15.2 Å². The largest absolute Gasteiger partial charge is 0.492 e. The molecular formula is C32H48N2O10P2. The van der Waals surface area contributed by atoms with Crippen molar-refractivity contribution in [2.45, 2.75) is 90.9 Å². The third kappa shape index (κ3) is 9.21. The van der Waals surface area contributed by atoms with Crippen molar-refractivity contribution in [3.8, 4) is 11.5 Å². The summed E-state index contributed by atoms with van der Waals surface area (Å²) < 4.78 is 36.8. The average molecular weight is 683 g/mol. The second-order valence-electron chi connectivity index (χ2n) is 12.8. The minimum atomic E-state index is -4.95. The first-order chi connectivity index (χ1) is 21.4. The summed E-state index contributed by atoms with van der Waals surface area (Å²) in [4.78, 5) is 65.7. The number of amides is 2. The van der Waals surface area contributed by atoms with Gasteiger partial charge in [-0.2, -0.15) is 0 Å². The second-order valence-corrected chi connectivity index (χ2v) is 16.1. The van der Waals surface area contributed by atoms with Gasteiger partial charge in [-0.05, 0) is 67.5 Å². The summed E-state index contributed by atoms with van der Waals surface area (Å²) in [6.45, 7) is 8.55. The highest BCUT2D eigenvalue weighted by molar-refractivity contribution is 7.60. The summed E-state index contributed by atoms with van der Waals surface area (Å²) in [6, 6.07) is 8.55. The molecule has 256 valence electrons. The lowest BCUT2D eigenvalue weighted by Crippen LogP contribution is -2.47. The van der Waals surface area contributed by atoms with Gasteiger partial charge in [0.1, 0.15) is 16.8 Å². The Labute approximate surface area is 270 Å². The highest BCUT2D eigenvalue weighted by Gasteiger charge is 2.55. The van der Waals surface area contributed by atoms with Gasteiger partial charge in [-0.15, -0.1) is 0 Å². The van der Waals surface area contributed by atoms with Gasteiger partial charge in [-0.25, -0.2) is 0 Å². The molecule has 1 unspecified atom stereocenters. The minimum absolute atomic E-state index is 0.0270. The number of rotatable bonds is 15. The maximum absolute atomic E-state index is 12.9. The molecule has 2 amide bonds. The van der Waals surface area contributed by atoms with Crippen molar-refractivity contribution in [2.24, 2.45) is 23.5 Å². The van der Waals surface area contributed by atoms with Crippen molar-refractivity contribution in [3.63, 3.8) is 0 Å². The summed E-state index contributed by atoms with van der Waals surface area (Å²) in [6.07, 6.45) is 5.86. The fourth-order valence-corrected chi connectivity index (χ4v) is 8.50. The van der Waals surface area contributed by atoms with Crippen LogP contribution in [0.4, 0.5) is 0 Å². The highest BCUT2D eigenvalue weighted by atomic mass is 31.2. The van der Waals surface area contributed by atoms with Crippen molar-refractivity contribution in [3.05, 3.63) is 53.1 Å². The van der Waals surface area contributed by atoms with E-state index in [2.05, 4.69) is 5.32 Å². The second kappa shape index (κ2) is 15.5. The Balaban J connectivity index is 1.72. The Morgan fingerprint density at radius 3 is 2.09 bits per heavy atom. The number of aryl methyl sites for hydroxylation is 1. The van der Waals surface area contributed by atoms with Gasteiger partial charge in [-0.3, -0.25) is 18.7 Å². The molecule has 2 aromatic rings. The lowest BCUT2D eigenvalue weighted by molar-refractivity contribution is -0.121. The zero-order chi connectivity index (χ0) is 34.4. The summed E-state index contributed by atoms with van der Waals surface area (Å²) in [5, 5.41) is 0.317. The molecule has 0 saturated heterocycles. The molecule has 0 radical (unpaired) electrons. The van der Waals surface area contributed by atoms with Crippen molar-refractivity contribution >= 4 is 32.3 Å². The van der Waals surface area contributed by atoms with Gasteiger partial charge < -0.3 is 40.1 Å². The van der Waals surface area contributed by atoms with E-state index in [1.54, 1.807) is 52.8 Å². The molecule has 2 aromatic carbocycles. The van der Waals surface area contributed by atoms with Gasteiger partial charge in [0.05, 0.1) is 18.2 Å². The molecule has 1 atom stereocenters. The molecule has 0 aliphatic heterocycles. The number of ether oxygens (including phenoxy) is 2. The topological polar surface area (TPSA) is 206 Å². The number of nitrogens with one attached hydrogen (secondary N) is 1. The van der Waals surface area contributed by atoms with Crippen LogP contribution in [-0.4, -0.2) is 43.3 Å². The third-order valence-electron chi connectivity index (χ3n) is 8.71. The minimum Gasteiger partial charge on any atom is -0.492 e. The predicted octanol–water partition coefficient (Wildman–Crippen LogP) is 4.92. The van der Waals surface area contributed by atoms with E-state index < -0.39 is 49.6 Å². The normalized spacial score (nSPS) is 15.5. The monoisotopic (exact) mass is 682 g/mol. The first kappa shape index (κ1) is 37.7. The van der Waals surface area contributed by atoms with Gasteiger partial charge in [-0.1, -0.05) is 59.1 Å². The standard InChI is InChI=1S/C32H48N2O10P2/c1-20(2)32(21(3)4,46(40,41)42)44-28-14-11-23(17-29(28)45(37,38)39)12-16-30(35)34-22(5)25-13-15-27(26(18-25)31(33)36)43-19-24-9-7-6-8-10-24/h11,13-15,17-18,20-22,24H,6-10,12,16,19H2,1-5H3,(H2,33,36)(H,34,35)(H2,37,38,39)(H2,40,41,42). The molecule has 0 bridgehead atoms. The number of carbonyl (C=O) groups is 2. The average Bonchev–Trinajstić information content (AvgIpc) is 2.96. The summed E-state index contributed by atoms with van der Waals surface area (Å²) in [5.74, 6) is -1.86.